The van der Waals surface area contributed by atoms with Gasteiger partial charge in [0.2, 0.25) is 5.91 Å². The lowest BCUT2D eigenvalue weighted by Gasteiger charge is -2.12. The van der Waals surface area contributed by atoms with Crippen LogP contribution >= 0.6 is 0 Å². The van der Waals surface area contributed by atoms with Crippen molar-refractivity contribution in [3.05, 3.63) is 47.5 Å². The van der Waals surface area contributed by atoms with Crippen LogP contribution in [0.15, 0.2) is 30.6 Å². The normalized spacial score (nSPS) is 10.5. The SMILES string of the molecule is CCCn1ccnc1CNc1cccc(C(N)=O)c1C. The Morgan fingerprint density at radius 1 is 1.45 bits per heavy atom. The number of anilines is 1. The van der Waals surface area contributed by atoms with Gasteiger partial charge in [0, 0.05) is 30.2 Å². The fourth-order valence-electron chi connectivity index (χ4n) is 2.22. The van der Waals surface area contributed by atoms with E-state index >= 15 is 0 Å². The van der Waals surface area contributed by atoms with E-state index in [1.165, 1.54) is 0 Å². The maximum absolute atomic E-state index is 11.3. The summed E-state index contributed by atoms with van der Waals surface area (Å²) in [4.78, 5) is 15.7. The molecule has 0 atom stereocenters. The zero-order valence-electron chi connectivity index (χ0n) is 11.9. The van der Waals surface area contributed by atoms with Crippen molar-refractivity contribution in [2.75, 3.05) is 5.32 Å². The van der Waals surface area contributed by atoms with E-state index < -0.39 is 5.91 Å². The summed E-state index contributed by atoms with van der Waals surface area (Å²) >= 11 is 0. The lowest BCUT2D eigenvalue weighted by molar-refractivity contribution is 0.1000. The largest absolute Gasteiger partial charge is 0.378 e. The third-order valence-electron chi connectivity index (χ3n) is 3.30. The molecule has 5 nitrogen and oxygen atoms in total. The molecule has 3 N–H and O–H groups in total. The van der Waals surface area contributed by atoms with Crippen molar-refractivity contribution in [2.45, 2.75) is 33.4 Å². The van der Waals surface area contributed by atoms with Gasteiger partial charge in [0.25, 0.3) is 0 Å². The van der Waals surface area contributed by atoms with E-state index in [0.717, 1.165) is 30.0 Å². The molecule has 106 valence electrons. The number of hydrogen-bond acceptors (Lipinski definition) is 3. The minimum atomic E-state index is -0.404. The molecule has 1 heterocycles. The first-order chi connectivity index (χ1) is 9.63. The second-order valence-electron chi connectivity index (χ2n) is 4.73. The minimum Gasteiger partial charge on any atom is -0.378 e. The Balaban J connectivity index is 2.13. The van der Waals surface area contributed by atoms with E-state index in [1.54, 1.807) is 12.3 Å². The fraction of sp³-hybridized carbons (Fsp3) is 0.333. The highest BCUT2D eigenvalue weighted by Crippen LogP contribution is 2.19. The van der Waals surface area contributed by atoms with Crippen LogP contribution < -0.4 is 11.1 Å². The Morgan fingerprint density at radius 3 is 2.95 bits per heavy atom. The van der Waals surface area contributed by atoms with E-state index in [4.69, 9.17) is 5.73 Å². The molecule has 0 saturated heterocycles. The van der Waals surface area contributed by atoms with Gasteiger partial charge in [-0.15, -0.1) is 0 Å². The Labute approximate surface area is 118 Å². The number of carbonyl (C=O) groups is 1. The Bertz CT molecular complexity index is 604. The number of rotatable bonds is 6. The van der Waals surface area contributed by atoms with Gasteiger partial charge in [0.1, 0.15) is 5.82 Å². The van der Waals surface area contributed by atoms with Crippen LogP contribution in [-0.4, -0.2) is 15.5 Å². The van der Waals surface area contributed by atoms with Crippen LogP contribution in [-0.2, 0) is 13.1 Å². The highest BCUT2D eigenvalue weighted by molar-refractivity contribution is 5.95. The number of nitrogens with zero attached hydrogens (tertiary/aromatic N) is 2. The first-order valence-corrected chi connectivity index (χ1v) is 6.76. The minimum absolute atomic E-state index is 0.404. The molecule has 1 aromatic carbocycles. The Kier molecular flexibility index (Phi) is 4.40. The Morgan fingerprint density at radius 2 is 2.25 bits per heavy atom. The van der Waals surface area contributed by atoms with Crippen LogP contribution in [0.25, 0.3) is 0 Å². The number of hydrogen-bond donors (Lipinski definition) is 2. The van der Waals surface area contributed by atoms with E-state index in [2.05, 4.69) is 21.8 Å². The first kappa shape index (κ1) is 14.1. The molecule has 2 aromatic rings. The molecular weight excluding hydrogens is 252 g/mol. The molecular formula is C15H20N4O. The van der Waals surface area contributed by atoms with E-state index in [-0.39, 0.29) is 0 Å². The van der Waals surface area contributed by atoms with Crippen LogP contribution in [0.2, 0.25) is 0 Å². The molecule has 0 aliphatic heterocycles. The molecule has 0 spiro atoms. The third-order valence-corrected chi connectivity index (χ3v) is 3.30. The number of nitrogens with one attached hydrogen (secondary N) is 1. The summed E-state index contributed by atoms with van der Waals surface area (Å²) < 4.78 is 2.13. The van der Waals surface area contributed by atoms with Crippen molar-refractivity contribution < 1.29 is 4.79 Å². The van der Waals surface area contributed by atoms with Crippen molar-refractivity contribution in [3.8, 4) is 0 Å². The second kappa shape index (κ2) is 6.23. The quantitative estimate of drug-likeness (QED) is 0.847. The average molecular weight is 272 g/mol. The second-order valence-corrected chi connectivity index (χ2v) is 4.73. The number of imidazole rings is 1. The average Bonchev–Trinajstić information content (AvgIpc) is 2.85. The topological polar surface area (TPSA) is 72.9 Å². The standard InChI is InChI=1S/C15H20N4O/c1-3-8-19-9-7-17-14(19)10-18-13-6-4-5-12(11(13)2)15(16)20/h4-7,9,18H,3,8,10H2,1-2H3,(H2,16,20). The molecule has 5 heteroatoms. The van der Waals surface area contributed by atoms with Crippen molar-refractivity contribution in [2.24, 2.45) is 5.73 Å². The highest BCUT2D eigenvalue weighted by atomic mass is 16.1. The lowest BCUT2D eigenvalue weighted by atomic mass is 10.1. The van der Waals surface area contributed by atoms with Gasteiger partial charge in [0.15, 0.2) is 0 Å². The van der Waals surface area contributed by atoms with Crippen molar-refractivity contribution in [3.63, 3.8) is 0 Å². The molecule has 0 unspecified atom stereocenters. The summed E-state index contributed by atoms with van der Waals surface area (Å²) in [6.45, 7) is 5.60. The molecule has 1 aromatic heterocycles. The molecule has 0 radical (unpaired) electrons. The highest BCUT2D eigenvalue weighted by Gasteiger charge is 2.09. The molecule has 20 heavy (non-hydrogen) atoms. The predicted octanol–water partition coefficient (Wildman–Crippen LogP) is 2.31. The van der Waals surface area contributed by atoms with Gasteiger partial charge in [-0.25, -0.2) is 4.98 Å². The van der Waals surface area contributed by atoms with Gasteiger partial charge in [-0.3, -0.25) is 4.79 Å². The number of primary amides is 1. The van der Waals surface area contributed by atoms with E-state index in [1.807, 2.05) is 25.3 Å². The lowest BCUT2D eigenvalue weighted by Crippen LogP contribution is -2.14. The number of benzene rings is 1. The molecule has 0 saturated carbocycles. The predicted molar refractivity (Wildman–Crippen MR) is 79.5 cm³/mol. The van der Waals surface area contributed by atoms with Gasteiger partial charge in [-0.1, -0.05) is 13.0 Å². The van der Waals surface area contributed by atoms with Crippen LogP contribution in [0, 0.1) is 6.92 Å². The molecule has 0 aliphatic rings. The number of carbonyl (C=O) groups excluding carboxylic acids is 1. The molecule has 0 aliphatic carbocycles. The molecule has 1 amide bonds. The van der Waals surface area contributed by atoms with Crippen LogP contribution in [0.3, 0.4) is 0 Å². The smallest absolute Gasteiger partial charge is 0.249 e. The molecule has 0 bridgehead atoms. The van der Waals surface area contributed by atoms with Gasteiger partial charge < -0.3 is 15.6 Å². The van der Waals surface area contributed by atoms with Gasteiger partial charge in [0.05, 0.1) is 6.54 Å². The number of amides is 1. The number of aryl methyl sites for hydroxylation is 1. The van der Waals surface area contributed by atoms with Crippen molar-refractivity contribution in [1.29, 1.82) is 0 Å². The van der Waals surface area contributed by atoms with E-state index in [9.17, 15) is 4.79 Å². The fourth-order valence-corrected chi connectivity index (χ4v) is 2.22. The maximum atomic E-state index is 11.3. The summed E-state index contributed by atoms with van der Waals surface area (Å²) in [5.41, 5.74) is 7.68. The zero-order valence-corrected chi connectivity index (χ0v) is 11.9. The zero-order chi connectivity index (χ0) is 14.5. The first-order valence-electron chi connectivity index (χ1n) is 6.76. The van der Waals surface area contributed by atoms with E-state index in [0.29, 0.717) is 12.1 Å². The summed E-state index contributed by atoms with van der Waals surface area (Å²) in [6, 6.07) is 5.50. The molecule has 0 fully saturated rings. The van der Waals surface area contributed by atoms with Crippen molar-refractivity contribution >= 4 is 11.6 Å². The van der Waals surface area contributed by atoms with Gasteiger partial charge in [-0.2, -0.15) is 0 Å². The summed E-state index contributed by atoms with van der Waals surface area (Å²) in [7, 11) is 0. The summed E-state index contributed by atoms with van der Waals surface area (Å²) in [6.07, 6.45) is 4.85. The van der Waals surface area contributed by atoms with Crippen LogP contribution in [0.1, 0.15) is 35.1 Å². The van der Waals surface area contributed by atoms with Gasteiger partial charge >= 0.3 is 0 Å². The summed E-state index contributed by atoms with van der Waals surface area (Å²) in [5, 5.41) is 3.32. The van der Waals surface area contributed by atoms with Crippen LogP contribution in [0.4, 0.5) is 5.69 Å². The maximum Gasteiger partial charge on any atom is 0.249 e. The monoisotopic (exact) mass is 272 g/mol. The number of nitrogens with two attached hydrogens (primary N) is 1. The number of aromatic nitrogens is 2. The molecule has 2 rings (SSSR count). The summed E-state index contributed by atoms with van der Waals surface area (Å²) in [5.74, 6) is 0.578. The Hall–Kier alpha value is -2.30. The van der Waals surface area contributed by atoms with Crippen LogP contribution in [0.5, 0.6) is 0 Å². The van der Waals surface area contributed by atoms with Crippen molar-refractivity contribution in [1.82, 2.24) is 9.55 Å². The van der Waals surface area contributed by atoms with Gasteiger partial charge in [-0.05, 0) is 31.0 Å². The third kappa shape index (κ3) is 2.99.